The molecule has 0 unspecified atom stereocenters. The van der Waals surface area contributed by atoms with Crippen LogP contribution in [0.1, 0.15) is 56.2 Å². The lowest BCUT2D eigenvalue weighted by Crippen LogP contribution is -2.35. The second-order valence-electron chi connectivity index (χ2n) is 10.2. The number of carboxylic acid groups (broad SMARTS) is 1. The smallest absolute Gasteiger partial charge is 0.323 e. The molecule has 7 nitrogen and oxygen atoms in total. The van der Waals surface area contributed by atoms with Crippen molar-refractivity contribution in [1.29, 1.82) is 0 Å². The van der Waals surface area contributed by atoms with Gasteiger partial charge < -0.3 is 10.0 Å². The third kappa shape index (κ3) is 6.05. The van der Waals surface area contributed by atoms with E-state index in [1.807, 2.05) is 13.0 Å². The Hall–Kier alpha value is -3.21. The van der Waals surface area contributed by atoms with E-state index in [4.69, 9.17) is 12.2 Å². The molecule has 3 heterocycles. The largest absolute Gasteiger partial charge is 0.480 e. The molecule has 2 aliphatic rings. The van der Waals surface area contributed by atoms with Crippen LogP contribution in [0.25, 0.3) is 11.0 Å². The Kier molecular flexibility index (Phi) is 9.11. The molecule has 41 heavy (non-hydrogen) atoms. The number of thiazole rings is 1. The number of carbonyl (C=O) groups is 2. The van der Waals surface area contributed by atoms with Crippen molar-refractivity contribution >= 4 is 73.9 Å². The number of amides is 1. The minimum Gasteiger partial charge on any atom is -0.480 e. The summed E-state index contributed by atoms with van der Waals surface area (Å²) in [6.07, 6.45) is 8.35. The highest BCUT2D eigenvalue weighted by molar-refractivity contribution is 8.30. The summed E-state index contributed by atoms with van der Waals surface area (Å²) in [7, 11) is 0. The van der Waals surface area contributed by atoms with Gasteiger partial charge in [-0.3, -0.25) is 23.9 Å². The Morgan fingerprint density at radius 3 is 2.49 bits per heavy atom. The SMILES string of the molecule is CCCCCCN1c2ccccc2CCc2cc(/C=c3/s/c(=C4/SC(=S)N(CC)C4=O)n(CC(=O)O)c3=O)ccc21. The van der Waals surface area contributed by atoms with E-state index in [1.54, 1.807) is 6.08 Å². The maximum Gasteiger partial charge on any atom is 0.323 e. The minimum absolute atomic E-state index is 0.293. The maximum atomic E-state index is 13.4. The van der Waals surface area contributed by atoms with Gasteiger partial charge in [-0.05, 0) is 67.2 Å². The first kappa shape index (κ1) is 29.3. The Labute approximate surface area is 252 Å². The van der Waals surface area contributed by atoms with Crippen LogP contribution in [0.15, 0.2) is 47.3 Å². The molecule has 0 saturated carbocycles. The van der Waals surface area contributed by atoms with Crippen LogP contribution in [0.3, 0.4) is 0 Å². The molecule has 2 aliphatic heterocycles. The predicted molar refractivity (Wildman–Crippen MR) is 171 cm³/mol. The molecule has 1 amide bonds. The molecule has 10 heteroatoms. The molecule has 214 valence electrons. The molecular formula is C31H33N3O4S3. The Bertz CT molecular complexity index is 1690. The first-order chi connectivity index (χ1) is 19.8. The highest BCUT2D eigenvalue weighted by Crippen LogP contribution is 2.37. The number of anilines is 2. The van der Waals surface area contributed by atoms with Crippen molar-refractivity contribution in [1.82, 2.24) is 9.47 Å². The molecule has 1 fully saturated rings. The van der Waals surface area contributed by atoms with Crippen molar-refractivity contribution in [2.75, 3.05) is 18.0 Å². The number of unbranched alkanes of at least 4 members (excludes halogenated alkanes) is 3. The van der Waals surface area contributed by atoms with Gasteiger partial charge in [-0.25, -0.2) is 0 Å². The predicted octanol–water partition coefficient (Wildman–Crippen LogP) is 4.63. The van der Waals surface area contributed by atoms with Crippen LogP contribution in [-0.2, 0) is 29.0 Å². The second-order valence-corrected chi connectivity index (χ2v) is 12.9. The number of nitrogens with zero attached hydrogens (tertiary/aromatic N) is 3. The monoisotopic (exact) mass is 607 g/mol. The van der Waals surface area contributed by atoms with Crippen molar-refractivity contribution in [2.45, 2.75) is 58.9 Å². The van der Waals surface area contributed by atoms with E-state index < -0.39 is 18.1 Å². The number of rotatable bonds is 9. The Balaban J connectivity index is 1.58. The zero-order valence-electron chi connectivity index (χ0n) is 23.2. The first-order valence-electron chi connectivity index (χ1n) is 14.0. The van der Waals surface area contributed by atoms with Crippen LogP contribution in [0.5, 0.6) is 0 Å². The summed E-state index contributed by atoms with van der Waals surface area (Å²) >= 11 is 7.61. The van der Waals surface area contributed by atoms with Crippen molar-refractivity contribution < 1.29 is 14.7 Å². The van der Waals surface area contributed by atoms with E-state index in [-0.39, 0.29) is 5.91 Å². The molecule has 0 radical (unpaired) electrons. The fourth-order valence-corrected chi connectivity index (χ4v) is 8.04. The van der Waals surface area contributed by atoms with E-state index in [9.17, 15) is 19.5 Å². The zero-order chi connectivity index (χ0) is 29.1. The van der Waals surface area contributed by atoms with Gasteiger partial charge >= 0.3 is 5.97 Å². The number of para-hydroxylation sites is 1. The van der Waals surface area contributed by atoms with Crippen LogP contribution in [0.4, 0.5) is 11.4 Å². The number of carbonyl (C=O) groups excluding carboxylic acids is 1. The lowest BCUT2D eigenvalue weighted by molar-refractivity contribution is -0.137. The highest BCUT2D eigenvalue weighted by atomic mass is 32.2. The number of aromatic nitrogens is 1. The summed E-state index contributed by atoms with van der Waals surface area (Å²) in [5.41, 5.74) is 5.44. The molecule has 0 spiro atoms. The van der Waals surface area contributed by atoms with Crippen LogP contribution >= 0.6 is 35.3 Å². The topological polar surface area (TPSA) is 82.8 Å². The average molecular weight is 608 g/mol. The van der Waals surface area contributed by atoms with Gasteiger partial charge in [0.1, 0.15) is 20.4 Å². The lowest BCUT2D eigenvalue weighted by Gasteiger charge is -2.27. The second kappa shape index (κ2) is 12.8. The number of hydrogen-bond acceptors (Lipinski definition) is 7. The van der Waals surface area contributed by atoms with E-state index in [0.29, 0.717) is 25.0 Å². The number of carboxylic acids is 1. The van der Waals surface area contributed by atoms with Gasteiger partial charge in [0.15, 0.2) is 0 Å². The van der Waals surface area contributed by atoms with Crippen molar-refractivity contribution in [3.63, 3.8) is 0 Å². The highest BCUT2D eigenvalue weighted by Gasteiger charge is 2.33. The minimum atomic E-state index is -1.15. The number of benzene rings is 2. The van der Waals surface area contributed by atoms with Gasteiger partial charge in [0.2, 0.25) is 0 Å². The molecular weight excluding hydrogens is 575 g/mol. The standard InChI is InChI=1S/C31H33N3O4S3/c1-3-5-6-9-16-33-23-11-8-7-10-21(23)13-14-22-17-20(12-15-24(22)33)18-25-28(37)34(19-26(35)36)30(40-25)27-29(38)32(4-2)31(39)41-27/h7-8,10-12,15,17-18H,3-6,9,13-14,16,19H2,1-2H3,(H,35,36)/b25-18+,30-27+. The molecule has 3 aromatic rings. The summed E-state index contributed by atoms with van der Waals surface area (Å²) < 4.78 is 2.31. The Morgan fingerprint density at radius 1 is 1.00 bits per heavy atom. The molecule has 1 N–H and O–H groups in total. The van der Waals surface area contributed by atoms with Gasteiger partial charge in [0, 0.05) is 24.5 Å². The fraction of sp³-hybridized carbons (Fsp3) is 0.355. The molecule has 0 aliphatic carbocycles. The van der Waals surface area contributed by atoms with Crippen molar-refractivity contribution in [3.8, 4) is 0 Å². The quantitative estimate of drug-likeness (QED) is 0.281. The van der Waals surface area contributed by atoms with Crippen LogP contribution in [0.2, 0.25) is 0 Å². The number of thiocarbonyl (C=S) groups is 1. The number of thioether (sulfide) groups is 1. The molecule has 1 aromatic heterocycles. The van der Waals surface area contributed by atoms with Crippen LogP contribution in [-0.4, -0.2) is 43.9 Å². The van der Waals surface area contributed by atoms with Gasteiger partial charge in [0.05, 0.1) is 4.53 Å². The first-order valence-corrected chi connectivity index (χ1v) is 16.1. The molecule has 2 aromatic carbocycles. The van der Waals surface area contributed by atoms with Gasteiger partial charge in [-0.15, -0.1) is 11.3 Å². The molecule has 5 rings (SSSR count). The summed E-state index contributed by atoms with van der Waals surface area (Å²) in [6.45, 7) is 4.89. The van der Waals surface area contributed by atoms with Crippen LogP contribution < -0.4 is 19.7 Å². The normalized spacial score (nSPS) is 16.7. The third-order valence-electron chi connectivity index (χ3n) is 7.43. The van der Waals surface area contributed by atoms with Gasteiger partial charge in [0.25, 0.3) is 11.5 Å². The third-order valence-corrected chi connectivity index (χ3v) is 10.1. The molecule has 1 saturated heterocycles. The van der Waals surface area contributed by atoms with E-state index in [1.165, 1.54) is 51.2 Å². The molecule has 0 atom stereocenters. The van der Waals surface area contributed by atoms with Crippen LogP contribution in [0, 0.1) is 0 Å². The van der Waals surface area contributed by atoms with E-state index >= 15 is 0 Å². The number of fused-ring (bicyclic) bond motifs is 2. The lowest BCUT2D eigenvalue weighted by atomic mass is 10.0. The summed E-state index contributed by atoms with van der Waals surface area (Å²) in [6, 6.07) is 14.9. The van der Waals surface area contributed by atoms with Gasteiger partial charge in [-0.1, -0.05) is 74.4 Å². The van der Waals surface area contributed by atoms with Crippen molar-refractivity contribution in [2.24, 2.45) is 0 Å². The summed E-state index contributed by atoms with van der Waals surface area (Å²) in [5.74, 6) is -1.44. The maximum absolute atomic E-state index is 13.4. The van der Waals surface area contributed by atoms with E-state index in [2.05, 4.69) is 48.2 Å². The zero-order valence-corrected chi connectivity index (χ0v) is 25.7. The summed E-state index contributed by atoms with van der Waals surface area (Å²) in [4.78, 5) is 42.3. The van der Waals surface area contributed by atoms with Gasteiger partial charge in [-0.2, -0.15) is 0 Å². The number of hydrogen-bond donors (Lipinski definition) is 1. The number of aryl methyl sites for hydroxylation is 2. The number of aliphatic carboxylic acids is 1. The van der Waals surface area contributed by atoms with E-state index in [0.717, 1.165) is 54.5 Å². The Morgan fingerprint density at radius 2 is 1.76 bits per heavy atom. The molecule has 0 bridgehead atoms. The summed E-state index contributed by atoms with van der Waals surface area (Å²) in [5, 5.41) is 9.52. The van der Waals surface area contributed by atoms with Crippen molar-refractivity contribution in [3.05, 3.63) is 78.7 Å². The average Bonchev–Trinajstić information content (AvgIpc) is 3.34. The fourth-order valence-electron chi connectivity index (χ4n) is 5.40.